The minimum absolute atomic E-state index is 0.201. The number of nitrogens with zero attached hydrogens (tertiary/aromatic N) is 1. The van der Waals surface area contributed by atoms with Crippen LogP contribution < -0.4 is 5.43 Å². The molecular weight excluding hydrogens is 287 g/mol. The maximum Gasteiger partial charge on any atom is 0.250 e. The van der Waals surface area contributed by atoms with E-state index < -0.39 is 0 Å². The molecule has 5 heteroatoms. The zero-order valence-electron chi connectivity index (χ0n) is 11.5. The highest BCUT2D eigenvalue weighted by molar-refractivity contribution is 8.00. The highest BCUT2D eigenvalue weighted by Crippen LogP contribution is 2.17. The number of benzene rings is 2. The van der Waals surface area contributed by atoms with Crippen molar-refractivity contribution in [3.05, 3.63) is 65.5 Å². The van der Waals surface area contributed by atoms with Crippen molar-refractivity contribution in [2.75, 3.05) is 5.75 Å². The molecule has 0 bridgehead atoms. The standard InChI is InChI=1S/C16H15FN2OS/c1-12-5-7-15(8-6-12)21-11-16(20)19-18-10-13-3-2-4-14(17)9-13/h2-10H,11H2,1H3,(H,19,20)/b18-10+. The normalized spacial score (nSPS) is 10.8. The predicted octanol–water partition coefficient (Wildman–Crippen LogP) is 3.38. The third kappa shape index (κ3) is 5.39. The van der Waals surface area contributed by atoms with E-state index in [1.165, 1.54) is 35.7 Å². The molecule has 3 nitrogen and oxygen atoms in total. The van der Waals surface area contributed by atoms with E-state index in [0.29, 0.717) is 5.56 Å². The van der Waals surface area contributed by atoms with Crippen LogP contribution in [0.2, 0.25) is 0 Å². The van der Waals surface area contributed by atoms with Crippen LogP contribution in [0, 0.1) is 12.7 Å². The van der Waals surface area contributed by atoms with Gasteiger partial charge in [-0.1, -0.05) is 29.8 Å². The minimum atomic E-state index is -0.333. The number of thioether (sulfide) groups is 1. The Morgan fingerprint density at radius 1 is 1.29 bits per heavy atom. The smallest absolute Gasteiger partial charge is 0.250 e. The molecule has 1 N–H and O–H groups in total. The molecule has 2 aromatic carbocycles. The highest BCUT2D eigenvalue weighted by atomic mass is 32.2. The van der Waals surface area contributed by atoms with Gasteiger partial charge in [-0.15, -0.1) is 11.8 Å². The van der Waals surface area contributed by atoms with Crippen LogP contribution in [0.4, 0.5) is 4.39 Å². The van der Waals surface area contributed by atoms with E-state index in [1.807, 2.05) is 31.2 Å². The molecule has 0 heterocycles. The van der Waals surface area contributed by atoms with Gasteiger partial charge in [-0.3, -0.25) is 4.79 Å². The van der Waals surface area contributed by atoms with Gasteiger partial charge in [-0.2, -0.15) is 5.10 Å². The fourth-order valence-electron chi connectivity index (χ4n) is 1.58. The van der Waals surface area contributed by atoms with Gasteiger partial charge >= 0.3 is 0 Å². The van der Waals surface area contributed by atoms with Gasteiger partial charge in [-0.25, -0.2) is 9.82 Å². The number of amides is 1. The summed E-state index contributed by atoms with van der Waals surface area (Å²) in [6.45, 7) is 2.02. The topological polar surface area (TPSA) is 41.5 Å². The summed E-state index contributed by atoms with van der Waals surface area (Å²) in [7, 11) is 0. The van der Waals surface area contributed by atoms with E-state index in [4.69, 9.17) is 0 Å². The molecule has 21 heavy (non-hydrogen) atoms. The second-order valence-corrected chi connectivity index (χ2v) is 5.50. The average molecular weight is 302 g/mol. The van der Waals surface area contributed by atoms with Crippen molar-refractivity contribution < 1.29 is 9.18 Å². The Morgan fingerprint density at radius 3 is 2.76 bits per heavy atom. The molecule has 0 saturated heterocycles. The molecule has 2 rings (SSSR count). The van der Waals surface area contributed by atoms with Gasteiger partial charge in [0, 0.05) is 4.90 Å². The average Bonchev–Trinajstić information content (AvgIpc) is 2.47. The van der Waals surface area contributed by atoms with Crippen molar-refractivity contribution >= 4 is 23.9 Å². The first-order valence-corrected chi connectivity index (χ1v) is 7.39. The SMILES string of the molecule is Cc1ccc(SCC(=O)N/N=C/c2cccc(F)c2)cc1. The quantitative estimate of drug-likeness (QED) is 0.522. The summed E-state index contributed by atoms with van der Waals surface area (Å²) in [5.41, 5.74) is 4.20. The lowest BCUT2D eigenvalue weighted by atomic mass is 10.2. The van der Waals surface area contributed by atoms with E-state index in [1.54, 1.807) is 12.1 Å². The molecule has 0 unspecified atom stereocenters. The zero-order chi connectivity index (χ0) is 15.1. The molecule has 0 spiro atoms. The first kappa shape index (κ1) is 15.3. The van der Waals surface area contributed by atoms with Crippen LogP contribution in [-0.4, -0.2) is 17.9 Å². The molecule has 0 fully saturated rings. The van der Waals surface area contributed by atoms with Gasteiger partial charge in [0.05, 0.1) is 12.0 Å². The lowest BCUT2D eigenvalue weighted by Gasteiger charge is -2.01. The van der Waals surface area contributed by atoms with Gasteiger partial charge in [0.1, 0.15) is 5.82 Å². The van der Waals surface area contributed by atoms with E-state index in [-0.39, 0.29) is 17.5 Å². The summed E-state index contributed by atoms with van der Waals surface area (Å²) < 4.78 is 12.9. The van der Waals surface area contributed by atoms with Gasteiger partial charge in [0.15, 0.2) is 0 Å². The Bertz CT molecular complexity index is 641. The number of carbonyl (C=O) groups excluding carboxylic acids is 1. The Morgan fingerprint density at radius 2 is 2.05 bits per heavy atom. The number of hydrogen-bond acceptors (Lipinski definition) is 3. The summed E-state index contributed by atoms with van der Waals surface area (Å²) in [5.74, 6) is -0.253. The number of halogens is 1. The van der Waals surface area contributed by atoms with Gasteiger partial charge in [-0.05, 0) is 36.8 Å². The van der Waals surface area contributed by atoms with E-state index in [2.05, 4.69) is 10.5 Å². The third-order valence-corrected chi connectivity index (χ3v) is 3.65. The van der Waals surface area contributed by atoms with Crippen molar-refractivity contribution in [3.8, 4) is 0 Å². The number of rotatable bonds is 5. The molecule has 0 radical (unpaired) electrons. The van der Waals surface area contributed by atoms with Crippen molar-refractivity contribution in [2.24, 2.45) is 5.10 Å². The molecule has 1 amide bonds. The number of hydrazone groups is 1. The summed E-state index contributed by atoms with van der Waals surface area (Å²) in [6.07, 6.45) is 1.41. The Balaban J connectivity index is 1.78. The van der Waals surface area contributed by atoms with Crippen molar-refractivity contribution in [2.45, 2.75) is 11.8 Å². The third-order valence-electron chi connectivity index (χ3n) is 2.64. The number of aryl methyl sites for hydroxylation is 1. The zero-order valence-corrected chi connectivity index (χ0v) is 12.4. The largest absolute Gasteiger partial charge is 0.272 e. The second kappa shape index (κ2) is 7.59. The Labute approximate surface area is 127 Å². The van der Waals surface area contributed by atoms with Crippen LogP contribution >= 0.6 is 11.8 Å². The number of carbonyl (C=O) groups is 1. The van der Waals surface area contributed by atoms with E-state index in [0.717, 1.165) is 4.90 Å². The minimum Gasteiger partial charge on any atom is -0.272 e. The molecular formula is C16H15FN2OS. The molecule has 108 valence electrons. The predicted molar refractivity (Wildman–Crippen MR) is 84.0 cm³/mol. The van der Waals surface area contributed by atoms with Crippen molar-refractivity contribution in [1.82, 2.24) is 5.43 Å². The van der Waals surface area contributed by atoms with Gasteiger partial charge in [0.2, 0.25) is 5.91 Å². The fourth-order valence-corrected chi connectivity index (χ4v) is 2.27. The Kier molecular flexibility index (Phi) is 5.51. The lowest BCUT2D eigenvalue weighted by Crippen LogP contribution is -2.19. The van der Waals surface area contributed by atoms with Crippen molar-refractivity contribution in [3.63, 3.8) is 0 Å². The van der Waals surface area contributed by atoms with Crippen LogP contribution in [0.5, 0.6) is 0 Å². The lowest BCUT2D eigenvalue weighted by molar-refractivity contribution is -0.118. The van der Waals surface area contributed by atoms with Crippen LogP contribution in [0.25, 0.3) is 0 Å². The highest BCUT2D eigenvalue weighted by Gasteiger charge is 2.01. The molecule has 2 aromatic rings. The van der Waals surface area contributed by atoms with Gasteiger partial charge < -0.3 is 0 Å². The van der Waals surface area contributed by atoms with Crippen LogP contribution in [0.1, 0.15) is 11.1 Å². The summed E-state index contributed by atoms with van der Waals surface area (Å²) in [5, 5.41) is 3.80. The van der Waals surface area contributed by atoms with Crippen LogP contribution in [0.3, 0.4) is 0 Å². The number of hydrogen-bond donors (Lipinski definition) is 1. The first-order valence-electron chi connectivity index (χ1n) is 6.40. The molecule has 0 aromatic heterocycles. The van der Waals surface area contributed by atoms with E-state index in [9.17, 15) is 9.18 Å². The monoisotopic (exact) mass is 302 g/mol. The Hall–Kier alpha value is -2.14. The maximum atomic E-state index is 12.9. The fraction of sp³-hybridized carbons (Fsp3) is 0.125. The molecule has 0 aliphatic heterocycles. The molecule has 0 atom stereocenters. The molecule has 0 aliphatic rings. The molecule has 0 saturated carbocycles. The summed E-state index contributed by atoms with van der Waals surface area (Å²) in [4.78, 5) is 12.7. The van der Waals surface area contributed by atoms with E-state index >= 15 is 0 Å². The summed E-state index contributed by atoms with van der Waals surface area (Å²) >= 11 is 1.44. The number of nitrogens with one attached hydrogen (secondary N) is 1. The van der Waals surface area contributed by atoms with Crippen LogP contribution in [-0.2, 0) is 4.79 Å². The molecule has 0 aliphatic carbocycles. The van der Waals surface area contributed by atoms with Crippen molar-refractivity contribution in [1.29, 1.82) is 0 Å². The summed E-state index contributed by atoms with van der Waals surface area (Å²) in [6, 6.07) is 14.0. The maximum absolute atomic E-state index is 12.9. The van der Waals surface area contributed by atoms with Crippen LogP contribution in [0.15, 0.2) is 58.5 Å². The first-order chi connectivity index (χ1) is 10.1. The second-order valence-electron chi connectivity index (χ2n) is 4.45. The van der Waals surface area contributed by atoms with Gasteiger partial charge in [0.25, 0.3) is 0 Å².